The molecule has 0 radical (unpaired) electrons. The summed E-state index contributed by atoms with van der Waals surface area (Å²) < 4.78 is 13.5. The predicted molar refractivity (Wildman–Crippen MR) is 63.3 cm³/mol. The third kappa shape index (κ3) is 2.80. The van der Waals surface area contributed by atoms with E-state index in [9.17, 15) is 4.21 Å². The summed E-state index contributed by atoms with van der Waals surface area (Å²) >= 11 is 6.06. The van der Waals surface area contributed by atoms with Gasteiger partial charge in [0.15, 0.2) is 0 Å². The van der Waals surface area contributed by atoms with Crippen LogP contribution in [0.5, 0.6) is 0 Å². The van der Waals surface area contributed by atoms with Crippen molar-refractivity contribution in [3.8, 4) is 0 Å². The Morgan fingerprint density at radius 1 is 1.67 bits per heavy atom. The Balaban J connectivity index is 2.85. The van der Waals surface area contributed by atoms with E-state index in [4.69, 9.17) is 17.3 Å². The van der Waals surface area contributed by atoms with Crippen LogP contribution in [0.2, 0.25) is 5.02 Å². The van der Waals surface area contributed by atoms with Crippen molar-refractivity contribution in [3.63, 3.8) is 0 Å². The lowest BCUT2D eigenvalue weighted by Gasteiger charge is -2.08. The molecule has 0 aliphatic carbocycles. The summed E-state index contributed by atoms with van der Waals surface area (Å²) in [7, 11) is 0.811. The van der Waals surface area contributed by atoms with Crippen molar-refractivity contribution in [1.82, 2.24) is 9.78 Å². The van der Waals surface area contributed by atoms with Crippen molar-refractivity contribution >= 4 is 22.4 Å². The first-order valence-electron chi connectivity index (χ1n) is 4.72. The van der Waals surface area contributed by atoms with Crippen molar-refractivity contribution in [2.45, 2.75) is 24.9 Å². The van der Waals surface area contributed by atoms with Crippen LogP contribution in [0, 0.1) is 6.92 Å². The fourth-order valence-electron chi connectivity index (χ4n) is 1.22. The van der Waals surface area contributed by atoms with Crippen LogP contribution in [0.4, 0.5) is 0 Å². The lowest BCUT2D eigenvalue weighted by Crippen LogP contribution is -2.23. The molecule has 1 rings (SSSR count). The van der Waals surface area contributed by atoms with Gasteiger partial charge in [0.1, 0.15) is 0 Å². The van der Waals surface area contributed by atoms with Crippen LogP contribution in [0.3, 0.4) is 0 Å². The quantitative estimate of drug-likeness (QED) is 0.865. The maximum absolute atomic E-state index is 11.8. The Morgan fingerprint density at radius 2 is 2.27 bits per heavy atom. The van der Waals surface area contributed by atoms with Crippen LogP contribution in [0.15, 0.2) is 0 Å². The second-order valence-electron chi connectivity index (χ2n) is 3.54. The minimum Gasteiger partial charge on any atom is -0.329 e. The van der Waals surface area contributed by atoms with E-state index < -0.39 is 10.8 Å². The van der Waals surface area contributed by atoms with Gasteiger partial charge >= 0.3 is 0 Å². The third-order valence-corrected chi connectivity index (χ3v) is 4.46. The molecule has 86 valence electrons. The summed E-state index contributed by atoms with van der Waals surface area (Å²) in [6.07, 6.45) is 0. The second-order valence-corrected chi connectivity index (χ2v) is 5.77. The zero-order valence-electron chi connectivity index (χ0n) is 9.16. The van der Waals surface area contributed by atoms with Crippen LogP contribution >= 0.6 is 11.6 Å². The molecule has 2 N–H and O–H groups in total. The van der Waals surface area contributed by atoms with E-state index in [-0.39, 0.29) is 5.25 Å². The molecule has 15 heavy (non-hydrogen) atoms. The van der Waals surface area contributed by atoms with E-state index in [1.807, 2.05) is 13.8 Å². The highest BCUT2D eigenvalue weighted by molar-refractivity contribution is 7.84. The van der Waals surface area contributed by atoms with Crippen molar-refractivity contribution in [2.24, 2.45) is 12.8 Å². The minimum absolute atomic E-state index is 0.0173. The average molecular weight is 250 g/mol. The Hall–Kier alpha value is -0.390. The molecular formula is C9H16ClN3OS. The highest BCUT2D eigenvalue weighted by atomic mass is 35.5. The monoisotopic (exact) mass is 249 g/mol. The van der Waals surface area contributed by atoms with Gasteiger partial charge in [-0.15, -0.1) is 0 Å². The molecule has 2 atom stereocenters. The molecule has 0 fully saturated rings. The van der Waals surface area contributed by atoms with E-state index >= 15 is 0 Å². The number of halogens is 1. The summed E-state index contributed by atoms with van der Waals surface area (Å²) in [4.78, 5) is 0. The fourth-order valence-corrected chi connectivity index (χ4v) is 2.63. The molecule has 4 nitrogen and oxygen atoms in total. The molecule has 2 unspecified atom stereocenters. The minimum atomic E-state index is -0.993. The molecule has 0 bridgehead atoms. The summed E-state index contributed by atoms with van der Waals surface area (Å²) in [6, 6.07) is 0. The number of nitrogens with two attached hydrogens (primary N) is 1. The summed E-state index contributed by atoms with van der Waals surface area (Å²) in [5, 5.41) is 4.76. The summed E-state index contributed by atoms with van der Waals surface area (Å²) in [5.74, 6) is 0.411. The Labute approximate surface area is 97.2 Å². The van der Waals surface area contributed by atoms with Gasteiger partial charge in [-0.2, -0.15) is 5.10 Å². The SMILES string of the molecule is Cc1nn(C)c(CS(=O)C(C)CN)c1Cl. The number of aryl methyl sites for hydroxylation is 2. The van der Waals surface area contributed by atoms with Crippen molar-refractivity contribution in [1.29, 1.82) is 0 Å². The number of hydrogen-bond donors (Lipinski definition) is 1. The number of nitrogens with zero attached hydrogens (tertiary/aromatic N) is 2. The van der Waals surface area contributed by atoms with Crippen LogP contribution in [-0.2, 0) is 23.6 Å². The smallest absolute Gasteiger partial charge is 0.0856 e. The van der Waals surface area contributed by atoms with E-state index in [0.29, 0.717) is 17.3 Å². The first-order chi connectivity index (χ1) is 6.97. The van der Waals surface area contributed by atoms with Gasteiger partial charge in [-0.25, -0.2) is 0 Å². The van der Waals surface area contributed by atoms with Gasteiger partial charge in [0.25, 0.3) is 0 Å². The molecule has 0 amide bonds. The Morgan fingerprint density at radius 3 is 2.67 bits per heavy atom. The molecule has 0 aliphatic heterocycles. The van der Waals surface area contributed by atoms with Gasteiger partial charge in [-0.3, -0.25) is 8.89 Å². The van der Waals surface area contributed by atoms with Gasteiger partial charge in [0, 0.05) is 29.6 Å². The average Bonchev–Trinajstić information content (AvgIpc) is 2.43. The molecule has 1 heterocycles. The maximum Gasteiger partial charge on any atom is 0.0856 e. The first kappa shape index (κ1) is 12.7. The Bertz CT molecular complexity index is 378. The van der Waals surface area contributed by atoms with E-state index in [1.165, 1.54) is 0 Å². The molecule has 6 heteroatoms. The van der Waals surface area contributed by atoms with Gasteiger partial charge in [-0.1, -0.05) is 11.6 Å². The van der Waals surface area contributed by atoms with Crippen LogP contribution in [0.25, 0.3) is 0 Å². The van der Waals surface area contributed by atoms with Gasteiger partial charge in [0.05, 0.1) is 22.2 Å². The number of rotatable bonds is 4. The normalized spacial score (nSPS) is 15.3. The van der Waals surface area contributed by atoms with Gasteiger partial charge in [-0.05, 0) is 13.8 Å². The fraction of sp³-hybridized carbons (Fsp3) is 0.667. The molecule has 1 aromatic rings. The highest BCUT2D eigenvalue weighted by Crippen LogP contribution is 2.21. The van der Waals surface area contributed by atoms with E-state index in [2.05, 4.69) is 5.10 Å². The third-order valence-electron chi connectivity index (χ3n) is 2.32. The molecule has 0 saturated carbocycles. The van der Waals surface area contributed by atoms with Crippen LogP contribution < -0.4 is 5.73 Å². The molecule has 0 aliphatic rings. The second kappa shape index (κ2) is 5.09. The number of hydrogen-bond acceptors (Lipinski definition) is 3. The molecule has 0 saturated heterocycles. The largest absolute Gasteiger partial charge is 0.329 e. The standard InChI is InChI=1S/C9H16ClN3OS/c1-6(4-11)15(14)5-8-9(10)7(2)12-13(8)3/h6H,4-5,11H2,1-3H3. The maximum atomic E-state index is 11.8. The zero-order chi connectivity index (χ0) is 11.6. The van der Waals surface area contributed by atoms with E-state index in [0.717, 1.165) is 11.4 Å². The summed E-state index contributed by atoms with van der Waals surface area (Å²) in [6.45, 7) is 4.12. The lowest BCUT2D eigenvalue weighted by molar-refractivity contribution is 0.666. The zero-order valence-corrected chi connectivity index (χ0v) is 10.7. The van der Waals surface area contributed by atoms with Gasteiger partial charge < -0.3 is 5.73 Å². The van der Waals surface area contributed by atoms with Crippen LogP contribution in [0.1, 0.15) is 18.3 Å². The topological polar surface area (TPSA) is 60.9 Å². The van der Waals surface area contributed by atoms with Gasteiger partial charge in [0.2, 0.25) is 0 Å². The van der Waals surface area contributed by atoms with E-state index in [1.54, 1.807) is 11.7 Å². The van der Waals surface area contributed by atoms with Crippen molar-refractivity contribution in [2.75, 3.05) is 6.54 Å². The molecule has 0 spiro atoms. The predicted octanol–water partition coefficient (Wildman–Crippen LogP) is 0.978. The van der Waals surface area contributed by atoms with Crippen LogP contribution in [-0.4, -0.2) is 25.8 Å². The number of aromatic nitrogens is 2. The summed E-state index contributed by atoms with van der Waals surface area (Å²) in [5.41, 5.74) is 7.04. The van der Waals surface area contributed by atoms with Crippen molar-refractivity contribution < 1.29 is 4.21 Å². The highest BCUT2D eigenvalue weighted by Gasteiger charge is 2.16. The molecule has 0 aromatic carbocycles. The molecular weight excluding hydrogens is 234 g/mol. The van der Waals surface area contributed by atoms with Crippen molar-refractivity contribution in [3.05, 3.63) is 16.4 Å². The lowest BCUT2D eigenvalue weighted by atomic mass is 10.4. The first-order valence-corrected chi connectivity index (χ1v) is 6.48. The molecule has 1 aromatic heterocycles. The Kier molecular flexibility index (Phi) is 4.31.